The molecule has 3 aromatic rings. The predicted octanol–water partition coefficient (Wildman–Crippen LogP) is 4.09. The second-order valence-electron chi connectivity index (χ2n) is 7.76. The molecule has 8 heteroatoms. The van der Waals surface area contributed by atoms with Gasteiger partial charge in [-0.3, -0.25) is 4.68 Å². The molecule has 4 rings (SSSR count). The number of nitrogens with one attached hydrogen (secondary N) is 2. The minimum absolute atomic E-state index is 0.225. The molecule has 2 aromatic heterocycles. The van der Waals surface area contributed by atoms with Crippen LogP contribution in [0.3, 0.4) is 0 Å². The zero-order valence-electron chi connectivity index (χ0n) is 18.3. The number of fused-ring (bicyclic) bond motifs is 1. The lowest BCUT2D eigenvalue weighted by Crippen LogP contribution is -2.29. The molecule has 0 spiro atoms. The van der Waals surface area contributed by atoms with Crippen LogP contribution in [0.4, 0.5) is 16.2 Å². The number of carbonyl (C=O) groups excluding carboxylic acids is 1. The second kappa shape index (κ2) is 9.53. The molecule has 7 nitrogen and oxygen atoms in total. The molecule has 0 unspecified atom stereocenters. The summed E-state index contributed by atoms with van der Waals surface area (Å²) >= 11 is 1.85. The van der Waals surface area contributed by atoms with E-state index in [9.17, 15) is 4.79 Å². The molecule has 0 radical (unpaired) electrons. The Morgan fingerprint density at radius 2 is 2.03 bits per heavy atom. The van der Waals surface area contributed by atoms with Crippen LogP contribution in [0.5, 0.6) is 0 Å². The number of urea groups is 1. The van der Waals surface area contributed by atoms with Crippen LogP contribution < -0.4 is 15.5 Å². The van der Waals surface area contributed by atoms with Crippen molar-refractivity contribution >= 4 is 28.7 Å². The van der Waals surface area contributed by atoms with Crippen LogP contribution in [0.1, 0.15) is 27.4 Å². The molecule has 2 N–H and O–H groups in total. The van der Waals surface area contributed by atoms with Gasteiger partial charge in [-0.1, -0.05) is 0 Å². The van der Waals surface area contributed by atoms with Gasteiger partial charge in [-0.25, -0.2) is 4.79 Å². The fraction of sp³-hybridized carbons (Fsp3) is 0.391. The molecule has 1 aliphatic rings. The number of rotatable bonds is 7. The van der Waals surface area contributed by atoms with E-state index in [-0.39, 0.29) is 6.03 Å². The molecule has 0 saturated carbocycles. The van der Waals surface area contributed by atoms with Gasteiger partial charge in [0.05, 0.1) is 18.8 Å². The first-order chi connectivity index (χ1) is 15.0. The highest BCUT2D eigenvalue weighted by Crippen LogP contribution is 2.28. The average Bonchev–Trinajstić information content (AvgIpc) is 3.35. The van der Waals surface area contributed by atoms with E-state index in [0.29, 0.717) is 19.7 Å². The van der Waals surface area contributed by atoms with Crippen molar-refractivity contribution in [1.82, 2.24) is 15.1 Å². The van der Waals surface area contributed by atoms with E-state index in [1.54, 1.807) is 7.11 Å². The van der Waals surface area contributed by atoms with E-state index in [1.165, 1.54) is 16.1 Å². The number of nitrogens with zero attached hydrogens (tertiary/aromatic N) is 3. The number of aromatic nitrogens is 2. The molecule has 0 atom stereocenters. The number of ether oxygens (including phenoxy) is 1. The van der Waals surface area contributed by atoms with Crippen LogP contribution >= 0.6 is 11.3 Å². The molecule has 3 heterocycles. The highest BCUT2D eigenvalue weighted by molar-refractivity contribution is 7.10. The van der Waals surface area contributed by atoms with E-state index < -0.39 is 0 Å². The Bertz CT molecular complexity index is 1040. The summed E-state index contributed by atoms with van der Waals surface area (Å²) in [6.07, 6.45) is 1.09. The van der Waals surface area contributed by atoms with Crippen molar-refractivity contribution in [3.63, 3.8) is 0 Å². The third-order valence-corrected chi connectivity index (χ3v) is 6.79. The maximum absolute atomic E-state index is 12.4. The van der Waals surface area contributed by atoms with E-state index in [4.69, 9.17) is 4.74 Å². The van der Waals surface area contributed by atoms with Gasteiger partial charge in [-0.15, -0.1) is 11.3 Å². The summed E-state index contributed by atoms with van der Waals surface area (Å²) in [5.41, 5.74) is 6.40. The van der Waals surface area contributed by atoms with Gasteiger partial charge in [0.1, 0.15) is 0 Å². The Balaban J connectivity index is 1.31. The number of anilines is 2. The topological polar surface area (TPSA) is 71.4 Å². The number of hydrogen-bond donors (Lipinski definition) is 2. The minimum Gasteiger partial charge on any atom is -0.383 e. The maximum Gasteiger partial charge on any atom is 0.319 e. The molecule has 1 aliphatic heterocycles. The number of aryl methyl sites for hydroxylation is 1. The largest absolute Gasteiger partial charge is 0.383 e. The number of carbonyl (C=O) groups is 1. The average molecular weight is 440 g/mol. The Morgan fingerprint density at radius 1 is 1.23 bits per heavy atom. The first-order valence-corrected chi connectivity index (χ1v) is 11.4. The Labute approximate surface area is 187 Å². The zero-order valence-corrected chi connectivity index (χ0v) is 19.1. The van der Waals surface area contributed by atoms with Crippen LogP contribution in [0, 0.1) is 13.8 Å². The van der Waals surface area contributed by atoms with E-state index in [0.717, 1.165) is 42.1 Å². The van der Waals surface area contributed by atoms with Crippen LogP contribution in [-0.4, -0.2) is 36.1 Å². The van der Waals surface area contributed by atoms with Crippen molar-refractivity contribution in [2.75, 3.05) is 30.5 Å². The monoisotopic (exact) mass is 439 g/mol. The number of amides is 2. The molecule has 0 bridgehead atoms. The van der Waals surface area contributed by atoms with Crippen molar-refractivity contribution in [2.45, 2.75) is 39.9 Å². The van der Waals surface area contributed by atoms with Gasteiger partial charge in [-0.05, 0) is 61.5 Å². The van der Waals surface area contributed by atoms with Crippen LogP contribution in [0.15, 0.2) is 35.7 Å². The van der Waals surface area contributed by atoms with Gasteiger partial charge in [-0.2, -0.15) is 5.10 Å². The zero-order chi connectivity index (χ0) is 21.8. The molecular formula is C23H29N5O2S. The molecule has 164 valence electrons. The number of thiophene rings is 1. The van der Waals surface area contributed by atoms with Crippen LogP contribution in [-0.2, 0) is 30.8 Å². The number of hydrogen-bond acceptors (Lipinski definition) is 5. The first-order valence-electron chi connectivity index (χ1n) is 10.5. The Morgan fingerprint density at radius 3 is 2.81 bits per heavy atom. The summed E-state index contributed by atoms with van der Waals surface area (Å²) in [5, 5.41) is 12.6. The molecule has 31 heavy (non-hydrogen) atoms. The predicted molar refractivity (Wildman–Crippen MR) is 125 cm³/mol. The maximum atomic E-state index is 12.4. The summed E-state index contributed by atoms with van der Waals surface area (Å²) in [6, 6.07) is 10.0. The van der Waals surface area contributed by atoms with Crippen LogP contribution in [0.25, 0.3) is 0 Å². The molecular weight excluding hydrogens is 410 g/mol. The molecule has 0 saturated heterocycles. The number of methoxy groups -OCH3 is 1. The van der Waals surface area contributed by atoms with Crippen molar-refractivity contribution in [2.24, 2.45) is 0 Å². The summed E-state index contributed by atoms with van der Waals surface area (Å²) in [7, 11) is 1.68. The summed E-state index contributed by atoms with van der Waals surface area (Å²) in [6.45, 7) is 7.70. The Kier molecular flexibility index (Phi) is 6.58. The molecule has 1 aromatic carbocycles. The fourth-order valence-corrected chi connectivity index (χ4v) is 4.84. The molecule has 2 amide bonds. The first kappa shape index (κ1) is 21.4. The lowest BCUT2D eigenvalue weighted by Gasteiger charge is -2.29. The molecule has 0 fully saturated rings. The van der Waals surface area contributed by atoms with E-state index >= 15 is 0 Å². The highest BCUT2D eigenvalue weighted by Gasteiger charge is 2.17. The number of benzene rings is 1. The normalized spacial score (nSPS) is 13.2. The van der Waals surface area contributed by atoms with E-state index in [1.807, 2.05) is 42.0 Å². The lowest BCUT2D eigenvalue weighted by atomic mass is 10.1. The van der Waals surface area contributed by atoms with Crippen molar-refractivity contribution in [3.05, 3.63) is 63.1 Å². The molecule has 0 aliphatic carbocycles. The minimum atomic E-state index is -0.225. The summed E-state index contributed by atoms with van der Waals surface area (Å²) < 4.78 is 7.05. The summed E-state index contributed by atoms with van der Waals surface area (Å²) in [4.78, 5) is 16.3. The second-order valence-corrected chi connectivity index (χ2v) is 8.76. The summed E-state index contributed by atoms with van der Waals surface area (Å²) in [5.74, 6) is 0. The standard InChI is InChI=1S/C23H29N5O2S/c1-16-21(17(2)28(26-16)11-12-30-3)14-24-23(29)25-19-4-6-20(7-5-19)27-10-8-22-18(15-27)9-13-31-22/h4-7,9,13H,8,10-12,14-15H2,1-3H3,(H2,24,25,29). The third kappa shape index (κ3) is 4.91. The quantitative estimate of drug-likeness (QED) is 0.582. The van der Waals surface area contributed by atoms with Gasteiger partial charge in [0, 0.05) is 54.3 Å². The van der Waals surface area contributed by atoms with E-state index in [2.05, 4.69) is 44.2 Å². The van der Waals surface area contributed by atoms with Gasteiger partial charge >= 0.3 is 6.03 Å². The third-order valence-electron chi connectivity index (χ3n) is 5.76. The van der Waals surface area contributed by atoms with Gasteiger partial charge in [0.15, 0.2) is 0 Å². The fourth-order valence-electron chi connectivity index (χ4n) is 3.95. The Hall–Kier alpha value is -2.84. The van der Waals surface area contributed by atoms with Crippen molar-refractivity contribution in [3.8, 4) is 0 Å². The van der Waals surface area contributed by atoms with Crippen molar-refractivity contribution < 1.29 is 9.53 Å². The van der Waals surface area contributed by atoms with Crippen molar-refractivity contribution in [1.29, 1.82) is 0 Å². The lowest BCUT2D eigenvalue weighted by molar-refractivity contribution is 0.182. The van der Waals surface area contributed by atoms with Gasteiger partial charge in [0.25, 0.3) is 0 Å². The highest BCUT2D eigenvalue weighted by atomic mass is 32.1. The van der Waals surface area contributed by atoms with Gasteiger partial charge in [0.2, 0.25) is 0 Å². The van der Waals surface area contributed by atoms with Crippen LogP contribution in [0.2, 0.25) is 0 Å². The smallest absolute Gasteiger partial charge is 0.319 e. The van der Waals surface area contributed by atoms with Gasteiger partial charge < -0.3 is 20.3 Å². The SMILES string of the molecule is COCCn1nc(C)c(CNC(=O)Nc2ccc(N3CCc4sccc4C3)cc2)c1C.